The van der Waals surface area contributed by atoms with Crippen LogP contribution in [0.2, 0.25) is 10.0 Å². The maximum atomic E-state index is 13.8. The van der Waals surface area contributed by atoms with Gasteiger partial charge < -0.3 is 10.2 Å². The minimum atomic E-state index is -0.722. The van der Waals surface area contributed by atoms with Crippen LogP contribution in [0.25, 0.3) is 0 Å². The van der Waals surface area contributed by atoms with Crippen molar-refractivity contribution in [3.8, 4) is 0 Å². The molecule has 0 saturated carbocycles. The molecule has 0 aliphatic rings. The largest absolute Gasteiger partial charge is 0.350 e. The van der Waals surface area contributed by atoms with E-state index in [1.807, 2.05) is 82.3 Å². The van der Waals surface area contributed by atoms with Crippen molar-refractivity contribution in [1.82, 2.24) is 10.2 Å². The first kappa shape index (κ1) is 26.8. The molecular weight excluding hydrogens is 479 g/mol. The number of nitrogens with one attached hydrogen (secondary N) is 1. The highest BCUT2D eigenvalue weighted by molar-refractivity contribution is 6.35. The summed E-state index contributed by atoms with van der Waals surface area (Å²) in [5, 5.41) is 4.05. The van der Waals surface area contributed by atoms with Crippen LogP contribution in [0.5, 0.6) is 0 Å². The Morgan fingerprint density at radius 3 is 2.23 bits per heavy atom. The van der Waals surface area contributed by atoms with Crippen molar-refractivity contribution in [2.75, 3.05) is 0 Å². The van der Waals surface area contributed by atoms with E-state index in [0.29, 0.717) is 16.5 Å². The molecule has 0 heterocycles. The minimum Gasteiger partial charge on any atom is -0.350 e. The Morgan fingerprint density at radius 2 is 1.60 bits per heavy atom. The Balaban J connectivity index is 2.02. The fourth-order valence-corrected chi connectivity index (χ4v) is 4.41. The van der Waals surface area contributed by atoms with Crippen molar-refractivity contribution in [3.05, 3.63) is 105 Å². The topological polar surface area (TPSA) is 49.4 Å². The number of carbonyl (C=O) groups is 2. The highest BCUT2D eigenvalue weighted by Crippen LogP contribution is 2.25. The van der Waals surface area contributed by atoms with Gasteiger partial charge in [-0.2, -0.15) is 0 Å². The van der Waals surface area contributed by atoms with Crippen LogP contribution in [0.15, 0.2) is 72.8 Å². The smallest absolute Gasteiger partial charge is 0.243 e. The summed E-state index contributed by atoms with van der Waals surface area (Å²) in [4.78, 5) is 29.0. The van der Waals surface area contributed by atoms with Gasteiger partial charge in [0.1, 0.15) is 6.04 Å². The van der Waals surface area contributed by atoms with Crippen LogP contribution in [-0.2, 0) is 29.0 Å². The molecule has 3 aromatic rings. The van der Waals surface area contributed by atoms with Crippen LogP contribution in [0.3, 0.4) is 0 Å². The number of hydrogen-bond donors (Lipinski definition) is 1. The molecular formula is C29H32Cl2N2O2. The summed E-state index contributed by atoms with van der Waals surface area (Å²) in [6, 6.07) is 22.1. The van der Waals surface area contributed by atoms with Crippen molar-refractivity contribution in [1.29, 1.82) is 0 Å². The number of halogens is 2. The van der Waals surface area contributed by atoms with Gasteiger partial charge >= 0.3 is 0 Å². The first-order valence-corrected chi connectivity index (χ1v) is 12.4. The molecule has 0 saturated heterocycles. The van der Waals surface area contributed by atoms with Gasteiger partial charge in [0.2, 0.25) is 11.8 Å². The molecule has 2 amide bonds. The Hall–Kier alpha value is -2.82. The summed E-state index contributed by atoms with van der Waals surface area (Å²) < 4.78 is 0. The van der Waals surface area contributed by atoms with E-state index < -0.39 is 11.6 Å². The van der Waals surface area contributed by atoms with Crippen LogP contribution >= 0.6 is 23.2 Å². The Kier molecular flexibility index (Phi) is 8.98. The normalized spacial score (nSPS) is 12.2. The monoisotopic (exact) mass is 510 g/mol. The van der Waals surface area contributed by atoms with Gasteiger partial charge in [-0.25, -0.2) is 0 Å². The molecule has 0 fully saturated rings. The molecule has 35 heavy (non-hydrogen) atoms. The quantitative estimate of drug-likeness (QED) is 0.381. The molecule has 0 aliphatic heterocycles. The van der Waals surface area contributed by atoms with Gasteiger partial charge in [-0.05, 0) is 56.5 Å². The van der Waals surface area contributed by atoms with Gasteiger partial charge in [0, 0.05) is 28.5 Å². The fourth-order valence-electron chi connectivity index (χ4n) is 3.94. The van der Waals surface area contributed by atoms with Crippen molar-refractivity contribution >= 4 is 35.0 Å². The molecule has 0 bridgehead atoms. The van der Waals surface area contributed by atoms with Crippen LogP contribution < -0.4 is 5.32 Å². The average Bonchev–Trinajstić information content (AvgIpc) is 2.77. The van der Waals surface area contributed by atoms with Gasteiger partial charge in [0.25, 0.3) is 0 Å². The summed E-state index contributed by atoms with van der Waals surface area (Å²) in [6.07, 6.45) is 0.564. The molecule has 3 rings (SSSR count). The van der Waals surface area contributed by atoms with Crippen molar-refractivity contribution in [3.63, 3.8) is 0 Å². The number of amides is 2. The van der Waals surface area contributed by atoms with E-state index in [1.54, 1.807) is 23.1 Å². The fraction of sp³-hybridized carbons (Fsp3) is 0.310. The number of benzene rings is 3. The first-order chi connectivity index (χ1) is 16.5. The van der Waals surface area contributed by atoms with Crippen molar-refractivity contribution < 1.29 is 9.59 Å². The standard InChI is InChI=1S/C29H32Cl2N2O2/c1-20-9-8-12-22(15-20)17-27(34)33(19-23-13-14-24(30)18-25(23)31)26(28(35)32-29(2,3)4)16-21-10-6-5-7-11-21/h5-15,18,26H,16-17,19H2,1-4H3,(H,32,35)/t26-/m0/s1. The van der Waals surface area contributed by atoms with E-state index in [0.717, 1.165) is 22.3 Å². The molecule has 3 aromatic carbocycles. The maximum Gasteiger partial charge on any atom is 0.243 e. The van der Waals surface area contributed by atoms with E-state index in [9.17, 15) is 9.59 Å². The second kappa shape index (κ2) is 11.7. The lowest BCUT2D eigenvalue weighted by molar-refractivity contribution is -0.141. The third-order valence-electron chi connectivity index (χ3n) is 5.56. The molecule has 0 spiro atoms. The van der Waals surface area contributed by atoms with Crippen LogP contribution in [-0.4, -0.2) is 28.3 Å². The molecule has 1 atom stereocenters. The predicted molar refractivity (Wildman–Crippen MR) is 144 cm³/mol. The molecule has 0 unspecified atom stereocenters. The first-order valence-electron chi connectivity index (χ1n) is 11.7. The summed E-state index contributed by atoms with van der Waals surface area (Å²) in [6.45, 7) is 7.97. The Labute approximate surface area is 218 Å². The van der Waals surface area contributed by atoms with Gasteiger partial charge in [-0.15, -0.1) is 0 Å². The zero-order valence-electron chi connectivity index (χ0n) is 20.6. The van der Waals surface area contributed by atoms with Crippen LogP contribution in [0.4, 0.5) is 0 Å². The third-order valence-corrected chi connectivity index (χ3v) is 6.15. The van der Waals surface area contributed by atoms with Crippen molar-refractivity contribution in [2.45, 2.75) is 58.7 Å². The van der Waals surface area contributed by atoms with Gasteiger partial charge in [0.05, 0.1) is 6.42 Å². The van der Waals surface area contributed by atoms with E-state index in [4.69, 9.17) is 23.2 Å². The predicted octanol–water partition coefficient (Wildman–Crippen LogP) is 6.40. The number of hydrogen-bond acceptors (Lipinski definition) is 2. The van der Waals surface area contributed by atoms with E-state index >= 15 is 0 Å². The molecule has 0 aliphatic carbocycles. The zero-order valence-corrected chi connectivity index (χ0v) is 22.2. The van der Waals surface area contributed by atoms with Crippen LogP contribution in [0, 0.1) is 6.92 Å². The Bertz CT molecular complexity index is 1170. The van der Waals surface area contributed by atoms with Gasteiger partial charge in [0.15, 0.2) is 0 Å². The SMILES string of the molecule is Cc1cccc(CC(=O)N(Cc2ccc(Cl)cc2Cl)[C@@H](Cc2ccccc2)C(=O)NC(C)(C)C)c1. The molecule has 1 N–H and O–H groups in total. The molecule has 184 valence electrons. The van der Waals surface area contributed by atoms with Crippen molar-refractivity contribution in [2.24, 2.45) is 0 Å². The second-order valence-corrected chi connectivity index (χ2v) is 10.7. The molecule has 4 nitrogen and oxygen atoms in total. The summed E-state index contributed by atoms with van der Waals surface area (Å²) in [5.74, 6) is -0.351. The third kappa shape index (κ3) is 8.12. The minimum absolute atomic E-state index is 0.147. The number of nitrogens with zero attached hydrogens (tertiary/aromatic N) is 1. The number of carbonyl (C=O) groups excluding carboxylic acids is 2. The lowest BCUT2D eigenvalue weighted by Gasteiger charge is -2.34. The molecule has 0 radical (unpaired) electrons. The average molecular weight is 511 g/mol. The second-order valence-electron chi connectivity index (χ2n) is 9.87. The highest BCUT2D eigenvalue weighted by Gasteiger charge is 2.32. The molecule has 6 heteroatoms. The van der Waals surface area contributed by atoms with E-state index in [1.165, 1.54) is 0 Å². The summed E-state index contributed by atoms with van der Waals surface area (Å²) >= 11 is 12.6. The van der Waals surface area contributed by atoms with E-state index in [-0.39, 0.29) is 24.8 Å². The lowest BCUT2D eigenvalue weighted by Crippen LogP contribution is -2.54. The zero-order chi connectivity index (χ0) is 25.6. The molecule has 0 aromatic heterocycles. The van der Waals surface area contributed by atoms with Gasteiger partial charge in [-0.1, -0.05) is 89.4 Å². The number of rotatable bonds is 8. The van der Waals surface area contributed by atoms with Crippen LogP contribution in [0.1, 0.15) is 43.0 Å². The lowest BCUT2D eigenvalue weighted by atomic mass is 9.99. The summed E-state index contributed by atoms with van der Waals surface area (Å²) in [5.41, 5.74) is 3.23. The maximum absolute atomic E-state index is 13.8. The number of aryl methyl sites for hydroxylation is 1. The summed E-state index contributed by atoms with van der Waals surface area (Å²) in [7, 11) is 0. The van der Waals surface area contributed by atoms with Gasteiger partial charge in [-0.3, -0.25) is 9.59 Å². The highest BCUT2D eigenvalue weighted by atomic mass is 35.5. The Morgan fingerprint density at radius 1 is 0.914 bits per heavy atom. The van der Waals surface area contributed by atoms with E-state index in [2.05, 4.69) is 5.32 Å².